The molecule has 0 bridgehead atoms. The van der Waals surface area contributed by atoms with Crippen LogP contribution in [0.4, 0.5) is 0 Å². The summed E-state index contributed by atoms with van der Waals surface area (Å²) in [6.45, 7) is 9.33. The second kappa shape index (κ2) is 11.3. The molecule has 5 nitrogen and oxygen atoms in total. The summed E-state index contributed by atoms with van der Waals surface area (Å²) in [6, 6.07) is 0. The van der Waals surface area contributed by atoms with Crippen molar-refractivity contribution in [2.75, 3.05) is 26.7 Å². The Hall–Kier alpha value is -1.26. The summed E-state index contributed by atoms with van der Waals surface area (Å²) in [5.41, 5.74) is 0.281. The smallest absolute Gasteiger partial charge is 0.223 e. The number of hydrogen-bond acceptors (Lipinski definition) is 2. The van der Waals surface area contributed by atoms with Crippen molar-refractivity contribution in [3.05, 3.63) is 0 Å². The second-order valence-corrected chi connectivity index (χ2v) is 7.75. The predicted molar refractivity (Wildman–Crippen MR) is 102 cm³/mol. The first-order chi connectivity index (χ1) is 11.5. The Kier molecular flexibility index (Phi) is 9.80. The number of nitrogens with one attached hydrogen (secondary N) is 3. The van der Waals surface area contributed by atoms with Crippen LogP contribution in [0.3, 0.4) is 0 Å². The first kappa shape index (κ1) is 20.8. The number of nitrogens with zero attached hydrogens (tertiary/aromatic N) is 1. The molecule has 0 aromatic rings. The number of carbonyl (C=O) groups is 1. The maximum Gasteiger partial charge on any atom is 0.223 e. The molecule has 1 saturated carbocycles. The van der Waals surface area contributed by atoms with Gasteiger partial charge in [-0.3, -0.25) is 9.79 Å². The van der Waals surface area contributed by atoms with Crippen molar-refractivity contribution in [1.82, 2.24) is 16.0 Å². The zero-order valence-corrected chi connectivity index (χ0v) is 16.2. The summed E-state index contributed by atoms with van der Waals surface area (Å²) >= 11 is 0. The van der Waals surface area contributed by atoms with E-state index in [9.17, 15) is 4.79 Å². The molecule has 0 saturated heterocycles. The van der Waals surface area contributed by atoms with E-state index in [-0.39, 0.29) is 17.2 Å². The lowest BCUT2D eigenvalue weighted by atomic mass is 9.85. The third-order valence-electron chi connectivity index (χ3n) is 4.84. The number of carbonyl (C=O) groups excluding carboxylic acids is 1. The highest BCUT2D eigenvalue weighted by Crippen LogP contribution is 2.26. The highest BCUT2D eigenvalue weighted by molar-refractivity contribution is 5.80. The fourth-order valence-corrected chi connectivity index (χ4v) is 2.81. The van der Waals surface area contributed by atoms with E-state index >= 15 is 0 Å². The summed E-state index contributed by atoms with van der Waals surface area (Å²) in [7, 11) is 1.80. The topological polar surface area (TPSA) is 65.5 Å². The van der Waals surface area contributed by atoms with Crippen molar-refractivity contribution in [3.63, 3.8) is 0 Å². The van der Waals surface area contributed by atoms with Gasteiger partial charge in [0.25, 0.3) is 0 Å². The van der Waals surface area contributed by atoms with Gasteiger partial charge >= 0.3 is 0 Å². The molecule has 0 heterocycles. The van der Waals surface area contributed by atoms with Crippen LogP contribution in [0.2, 0.25) is 0 Å². The minimum atomic E-state index is 0.234. The van der Waals surface area contributed by atoms with E-state index in [1.807, 2.05) is 0 Å². The maximum atomic E-state index is 11.7. The Balaban J connectivity index is 2.10. The molecule has 5 heteroatoms. The molecule has 1 aliphatic carbocycles. The van der Waals surface area contributed by atoms with E-state index in [2.05, 4.69) is 41.7 Å². The van der Waals surface area contributed by atoms with Crippen LogP contribution in [-0.2, 0) is 4.79 Å². The Morgan fingerprint density at radius 2 is 1.79 bits per heavy atom. The van der Waals surface area contributed by atoms with Crippen molar-refractivity contribution in [2.45, 2.75) is 72.1 Å². The predicted octanol–water partition coefficient (Wildman–Crippen LogP) is 3.06. The molecule has 1 fully saturated rings. The highest BCUT2D eigenvalue weighted by atomic mass is 16.1. The zero-order valence-electron chi connectivity index (χ0n) is 16.2. The molecule has 0 aromatic carbocycles. The molecular formula is C19H38N4O. The van der Waals surface area contributed by atoms with Crippen molar-refractivity contribution in [2.24, 2.45) is 16.3 Å². The number of rotatable bonds is 11. The Morgan fingerprint density at radius 3 is 2.38 bits per heavy atom. The van der Waals surface area contributed by atoms with Crippen molar-refractivity contribution < 1.29 is 4.79 Å². The van der Waals surface area contributed by atoms with Crippen molar-refractivity contribution >= 4 is 11.9 Å². The third-order valence-corrected chi connectivity index (χ3v) is 4.84. The van der Waals surface area contributed by atoms with Crippen LogP contribution < -0.4 is 16.0 Å². The fourth-order valence-electron chi connectivity index (χ4n) is 2.81. The summed E-state index contributed by atoms with van der Waals surface area (Å²) in [5, 5.41) is 9.77. The van der Waals surface area contributed by atoms with Crippen LogP contribution in [0, 0.1) is 11.3 Å². The number of hydrogen-bond donors (Lipinski definition) is 3. The zero-order chi connectivity index (χ0) is 17.8. The highest BCUT2D eigenvalue weighted by Gasteiger charge is 2.24. The van der Waals surface area contributed by atoms with E-state index in [1.54, 1.807) is 7.05 Å². The molecule has 24 heavy (non-hydrogen) atoms. The van der Waals surface area contributed by atoms with Crippen LogP contribution in [0.25, 0.3) is 0 Å². The summed E-state index contributed by atoms with van der Waals surface area (Å²) in [4.78, 5) is 16.0. The molecule has 1 rings (SSSR count). The largest absolute Gasteiger partial charge is 0.356 e. The molecule has 0 atom stereocenters. The van der Waals surface area contributed by atoms with Gasteiger partial charge in [0, 0.05) is 32.6 Å². The molecule has 0 radical (unpaired) electrons. The van der Waals surface area contributed by atoms with E-state index in [0.717, 1.165) is 44.9 Å². The maximum absolute atomic E-state index is 11.7. The normalized spacial score (nSPS) is 15.8. The molecule has 0 aromatic heterocycles. The van der Waals surface area contributed by atoms with Gasteiger partial charge in [-0.25, -0.2) is 0 Å². The Morgan fingerprint density at radius 1 is 1.08 bits per heavy atom. The fraction of sp³-hybridized carbons (Fsp3) is 0.895. The summed E-state index contributed by atoms with van der Waals surface area (Å²) in [6.07, 6.45) is 9.35. The minimum Gasteiger partial charge on any atom is -0.356 e. The van der Waals surface area contributed by atoms with Gasteiger partial charge in [-0.05, 0) is 31.1 Å². The standard InChI is InChI=1S/C19H38N4O/c1-5-6-7-12-19(2,3)15-23-18(20-4)22-14-9-13-21-17(24)16-10-8-11-16/h16H,5-15H2,1-4H3,(H,21,24)(H2,20,22,23). The molecule has 3 N–H and O–H groups in total. The van der Waals surface area contributed by atoms with Gasteiger partial charge in [-0.2, -0.15) is 0 Å². The molecule has 0 unspecified atom stereocenters. The number of aliphatic imine (C=N–C) groups is 1. The molecule has 0 aliphatic heterocycles. The van der Waals surface area contributed by atoms with Gasteiger partial charge in [-0.15, -0.1) is 0 Å². The van der Waals surface area contributed by atoms with Gasteiger partial charge in [0.1, 0.15) is 0 Å². The van der Waals surface area contributed by atoms with Crippen LogP contribution in [0.15, 0.2) is 4.99 Å². The molecular weight excluding hydrogens is 300 g/mol. The second-order valence-electron chi connectivity index (χ2n) is 7.75. The quantitative estimate of drug-likeness (QED) is 0.308. The Labute approximate surface area is 148 Å². The lowest BCUT2D eigenvalue weighted by Crippen LogP contribution is -2.43. The van der Waals surface area contributed by atoms with Gasteiger partial charge in [0.05, 0.1) is 0 Å². The van der Waals surface area contributed by atoms with Gasteiger partial charge in [-0.1, -0.05) is 46.5 Å². The van der Waals surface area contributed by atoms with Crippen molar-refractivity contribution in [3.8, 4) is 0 Å². The first-order valence-corrected chi connectivity index (χ1v) is 9.70. The van der Waals surface area contributed by atoms with Crippen molar-refractivity contribution in [1.29, 1.82) is 0 Å². The number of amides is 1. The Bertz CT molecular complexity index is 389. The van der Waals surface area contributed by atoms with E-state index in [0.29, 0.717) is 0 Å². The van der Waals surface area contributed by atoms with Gasteiger partial charge in [0.2, 0.25) is 5.91 Å². The lowest BCUT2D eigenvalue weighted by Gasteiger charge is -2.26. The van der Waals surface area contributed by atoms with Crippen LogP contribution in [-0.4, -0.2) is 38.5 Å². The molecule has 140 valence electrons. The van der Waals surface area contributed by atoms with Crippen LogP contribution >= 0.6 is 0 Å². The summed E-state index contributed by atoms with van der Waals surface area (Å²) < 4.78 is 0. The van der Waals surface area contributed by atoms with E-state index < -0.39 is 0 Å². The monoisotopic (exact) mass is 338 g/mol. The van der Waals surface area contributed by atoms with Crippen LogP contribution in [0.1, 0.15) is 72.1 Å². The third kappa shape index (κ3) is 8.55. The average Bonchev–Trinajstić information content (AvgIpc) is 2.48. The lowest BCUT2D eigenvalue weighted by molar-refractivity contribution is -0.127. The summed E-state index contributed by atoms with van der Waals surface area (Å²) in [5.74, 6) is 1.36. The first-order valence-electron chi connectivity index (χ1n) is 9.70. The minimum absolute atomic E-state index is 0.234. The van der Waals surface area contributed by atoms with Crippen LogP contribution in [0.5, 0.6) is 0 Å². The molecule has 0 spiro atoms. The average molecular weight is 339 g/mol. The number of unbranched alkanes of at least 4 members (excludes halogenated alkanes) is 2. The van der Waals surface area contributed by atoms with Gasteiger partial charge < -0.3 is 16.0 Å². The van der Waals surface area contributed by atoms with E-state index in [1.165, 1.54) is 32.1 Å². The van der Waals surface area contributed by atoms with E-state index in [4.69, 9.17) is 0 Å². The number of guanidine groups is 1. The van der Waals surface area contributed by atoms with Gasteiger partial charge in [0.15, 0.2) is 5.96 Å². The molecule has 1 aliphatic rings. The molecule has 1 amide bonds. The SMILES string of the molecule is CCCCCC(C)(C)CNC(=NC)NCCCNC(=O)C1CCC1.